The number of pyridine rings is 1. The SMILES string of the molecule is CCN(CC)Cc1cccc(NC(=O)c2cnc3c(c2)c(C)nn3C)c1. The first-order chi connectivity index (χ1) is 12.5. The number of rotatable bonds is 6. The van der Waals surface area contributed by atoms with Crippen LogP contribution in [0.1, 0.15) is 35.5 Å². The van der Waals surface area contributed by atoms with E-state index in [9.17, 15) is 4.79 Å². The molecule has 0 radical (unpaired) electrons. The lowest BCUT2D eigenvalue weighted by molar-refractivity contribution is 0.102. The van der Waals surface area contributed by atoms with Crippen LogP contribution in [0.3, 0.4) is 0 Å². The summed E-state index contributed by atoms with van der Waals surface area (Å²) < 4.78 is 1.73. The molecule has 6 nitrogen and oxygen atoms in total. The van der Waals surface area contributed by atoms with E-state index in [-0.39, 0.29) is 5.91 Å². The van der Waals surface area contributed by atoms with Crippen LogP contribution in [0.4, 0.5) is 5.69 Å². The van der Waals surface area contributed by atoms with Gasteiger partial charge in [0.05, 0.1) is 11.3 Å². The standard InChI is InChI=1S/C20H25N5O/c1-5-25(6-2)13-15-8-7-9-17(10-15)22-20(26)16-11-18-14(3)23-24(4)19(18)21-12-16/h7-12H,5-6,13H2,1-4H3,(H,22,26). The number of nitrogens with one attached hydrogen (secondary N) is 1. The first kappa shape index (κ1) is 18.1. The zero-order valence-electron chi connectivity index (χ0n) is 15.8. The zero-order chi connectivity index (χ0) is 18.7. The smallest absolute Gasteiger partial charge is 0.257 e. The summed E-state index contributed by atoms with van der Waals surface area (Å²) in [5, 5.41) is 8.22. The van der Waals surface area contributed by atoms with Gasteiger partial charge >= 0.3 is 0 Å². The molecule has 1 N–H and O–H groups in total. The van der Waals surface area contributed by atoms with E-state index in [1.54, 1.807) is 10.9 Å². The van der Waals surface area contributed by atoms with Gasteiger partial charge in [0.25, 0.3) is 5.91 Å². The van der Waals surface area contributed by atoms with Crippen LogP contribution in [0.25, 0.3) is 11.0 Å². The fourth-order valence-electron chi connectivity index (χ4n) is 3.09. The summed E-state index contributed by atoms with van der Waals surface area (Å²) in [7, 11) is 1.85. The summed E-state index contributed by atoms with van der Waals surface area (Å²) in [5.41, 5.74) is 4.15. The summed E-state index contributed by atoms with van der Waals surface area (Å²) in [4.78, 5) is 19.3. The number of hydrogen-bond donors (Lipinski definition) is 1. The molecule has 3 rings (SSSR count). The lowest BCUT2D eigenvalue weighted by Crippen LogP contribution is -2.22. The minimum absolute atomic E-state index is 0.164. The van der Waals surface area contributed by atoms with Gasteiger partial charge in [0.1, 0.15) is 0 Å². The van der Waals surface area contributed by atoms with Gasteiger partial charge in [-0.3, -0.25) is 14.4 Å². The Bertz CT molecular complexity index is 927. The quantitative estimate of drug-likeness (QED) is 0.739. The van der Waals surface area contributed by atoms with Crippen molar-refractivity contribution in [3.05, 3.63) is 53.3 Å². The van der Waals surface area contributed by atoms with Crippen molar-refractivity contribution >= 4 is 22.6 Å². The van der Waals surface area contributed by atoms with Crippen molar-refractivity contribution in [1.29, 1.82) is 0 Å². The number of hydrogen-bond acceptors (Lipinski definition) is 4. The minimum atomic E-state index is -0.164. The molecule has 0 saturated carbocycles. The Balaban J connectivity index is 1.78. The van der Waals surface area contributed by atoms with E-state index in [0.717, 1.165) is 42.0 Å². The van der Waals surface area contributed by atoms with Crippen molar-refractivity contribution < 1.29 is 4.79 Å². The molecule has 0 aliphatic heterocycles. The topological polar surface area (TPSA) is 63.1 Å². The molecule has 0 atom stereocenters. The molecule has 26 heavy (non-hydrogen) atoms. The molecule has 0 aliphatic carbocycles. The first-order valence-corrected chi connectivity index (χ1v) is 8.93. The van der Waals surface area contributed by atoms with Crippen LogP contribution < -0.4 is 5.32 Å². The molecule has 1 amide bonds. The Kier molecular flexibility index (Phi) is 5.32. The van der Waals surface area contributed by atoms with Gasteiger partial charge in [-0.05, 0) is 43.8 Å². The average molecular weight is 351 g/mol. The monoisotopic (exact) mass is 351 g/mol. The van der Waals surface area contributed by atoms with Crippen LogP contribution >= 0.6 is 0 Å². The van der Waals surface area contributed by atoms with Crippen molar-refractivity contribution in [2.45, 2.75) is 27.3 Å². The van der Waals surface area contributed by atoms with Crippen molar-refractivity contribution in [3.63, 3.8) is 0 Å². The Labute approximate surface area is 153 Å². The Morgan fingerprint density at radius 1 is 1.23 bits per heavy atom. The van der Waals surface area contributed by atoms with E-state index in [2.05, 4.69) is 40.2 Å². The van der Waals surface area contributed by atoms with E-state index in [0.29, 0.717) is 5.56 Å². The van der Waals surface area contributed by atoms with Gasteiger partial charge in [0.15, 0.2) is 5.65 Å². The lowest BCUT2D eigenvalue weighted by atomic mass is 10.1. The molecule has 2 aromatic heterocycles. The summed E-state index contributed by atoms with van der Waals surface area (Å²) >= 11 is 0. The molecule has 2 heterocycles. The second kappa shape index (κ2) is 7.66. The van der Waals surface area contributed by atoms with Crippen molar-refractivity contribution in [1.82, 2.24) is 19.7 Å². The number of amides is 1. The van der Waals surface area contributed by atoms with Crippen molar-refractivity contribution in [2.24, 2.45) is 7.05 Å². The molecule has 0 fully saturated rings. The van der Waals surface area contributed by atoms with Gasteiger partial charge in [0, 0.05) is 30.9 Å². The summed E-state index contributed by atoms with van der Waals surface area (Å²) in [6.45, 7) is 9.10. The van der Waals surface area contributed by atoms with Crippen LogP contribution in [-0.2, 0) is 13.6 Å². The van der Waals surface area contributed by atoms with E-state index in [1.165, 1.54) is 5.56 Å². The molecule has 6 heteroatoms. The molecule has 3 aromatic rings. The lowest BCUT2D eigenvalue weighted by Gasteiger charge is -2.18. The van der Waals surface area contributed by atoms with E-state index >= 15 is 0 Å². The number of benzene rings is 1. The molecular weight excluding hydrogens is 326 g/mol. The van der Waals surface area contributed by atoms with Gasteiger partial charge in [-0.15, -0.1) is 0 Å². The highest BCUT2D eigenvalue weighted by Crippen LogP contribution is 2.18. The van der Waals surface area contributed by atoms with Crippen LogP contribution in [-0.4, -0.2) is 38.7 Å². The number of aromatic nitrogens is 3. The number of anilines is 1. The normalized spacial score (nSPS) is 11.3. The summed E-state index contributed by atoms with van der Waals surface area (Å²) in [6.07, 6.45) is 1.60. The third-order valence-electron chi connectivity index (χ3n) is 4.61. The zero-order valence-corrected chi connectivity index (χ0v) is 15.8. The van der Waals surface area contributed by atoms with Crippen LogP contribution in [0.2, 0.25) is 0 Å². The molecule has 0 unspecified atom stereocenters. The summed E-state index contributed by atoms with van der Waals surface area (Å²) in [6, 6.07) is 9.84. The van der Waals surface area contributed by atoms with Crippen LogP contribution in [0.15, 0.2) is 36.5 Å². The predicted molar refractivity (Wildman–Crippen MR) is 104 cm³/mol. The molecular formula is C20H25N5O. The largest absolute Gasteiger partial charge is 0.322 e. The highest BCUT2D eigenvalue weighted by Gasteiger charge is 2.12. The summed E-state index contributed by atoms with van der Waals surface area (Å²) in [5.74, 6) is -0.164. The molecule has 0 saturated heterocycles. The van der Waals surface area contributed by atoms with Crippen molar-refractivity contribution in [2.75, 3.05) is 18.4 Å². The van der Waals surface area contributed by atoms with Gasteiger partial charge in [-0.25, -0.2) is 4.98 Å². The van der Waals surface area contributed by atoms with Crippen LogP contribution in [0, 0.1) is 6.92 Å². The Hall–Kier alpha value is -2.73. The second-order valence-corrected chi connectivity index (χ2v) is 6.42. The Morgan fingerprint density at radius 2 is 2.00 bits per heavy atom. The average Bonchev–Trinajstić information content (AvgIpc) is 2.93. The molecule has 0 spiro atoms. The number of carbonyl (C=O) groups excluding carboxylic acids is 1. The maximum Gasteiger partial charge on any atom is 0.257 e. The van der Waals surface area contributed by atoms with Gasteiger partial charge in [-0.1, -0.05) is 26.0 Å². The maximum atomic E-state index is 12.6. The number of carbonyl (C=O) groups is 1. The fourth-order valence-corrected chi connectivity index (χ4v) is 3.09. The molecule has 0 bridgehead atoms. The van der Waals surface area contributed by atoms with E-state index < -0.39 is 0 Å². The predicted octanol–water partition coefficient (Wildman–Crippen LogP) is 3.37. The van der Waals surface area contributed by atoms with E-state index in [4.69, 9.17) is 0 Å². The van der Waals surface area contributed by atoms with Gasteiger partial charge < -0.3 is 5.32 Å². The maximum absolute atomic E-state index is 12.6. The first-order valence-electron chi connectivity index (χ1n) is 8.93. The molecule has 1 aromatic carbocycles. The highest BCUT2D eigenvalue weighted by molar-refractivity contribution is 6.05. The second-order valence-electron chi connectivity index (χ2n) is 6.42. The third kappa shape index (κ3) is 3.75. The number of fused-ring (bicyclic) bond motifs is 1. The van der Waals surface area contributed by atoms with Crippen LogP contribution in [0.5, 0.6) is 0 Å². The highest BCUT2D eigenvalue weighted by atomic mass is 16.1. The Morgan fingerprint density at radius 3 is 2.73 bits per heavy atom. The third-order valence-corrected chi connectivity index (χ3v) is 4.61. The minimum Gasteiger partial charge on any atom is -0.322 e. The molecule has 0 aliphatic rings. The fraction of sp³-hybridized carbons (Fsp3) is 0.350. The van der Waals surface area contributed by atoms with E-state index in [1.807, 2.05) is 38.2 Å². The van der Waals surface area contributed by atoms with Gasteiger partial charge in [0.2, 0.25) is 0 Å². The van der Waals surface area contributed by atoms with Gasteiger partial charge in [-0.2, -0.15) is 5.10 Å². The number of aryl methyl sites for hydroxylation is 2. The number of nitrogens with zero attached hydrogens (tertiary/aromatic N) is 4. The molecule has 136 valence electrons. The van der Waals surface area contributed by atoms with Crippen molar-refractivity contribution in [3.8, 4) is 0 Å².